The monoisotopic (exact) mass is 437 g/mol. The maximum Gasteiger partial charge on any atom is 0.250 e. The SMILES string of the molecule is O=C(/C=C/c1ccccc1)Nc1nc2c(s1)C(=O)CC(C(=O)NCc1ccsc1)C2. The number of nitrogens with one attached hydrogen (secondary N) is 2. The zero-order chi connectivity index (χ0) is 20.9. The number of thiophene rings is 1. The minimum absolute atomic E-state index is 0.107. The molecular weight excluding hydrogens is 418 g/mol. The molecule has 2 amide bonds. The summed E-state index contributed by atoms with van der Waals surface area (Å²) in [5, 5.41) is 9.90. The van der Waals surface area contributed by atoms with Gasteiger partial charge in [0.2, 0.25) is 11.8 Å². The van der Waals surface area contributed by atoms with Gasteiger partial charge in [0.1, 0.15) is 0 Å². The fourth-order valence-electron chi connectivity index (χ4n) is 3.18. The minimum atomic E-state index is -0.438. The molecule has 0 bridgehead atoms. The van der Waals surface area contributed by atoms with Gasteiger partial charge in [0.15, 0.2) is 10.9 Å². The van der Waals surface area contributed by atoms with E-state index in [2.05, 4.69) is 15.6 Å². The normalized spacial score (nSPS) is 15.7. The summed E-state index contributed by atoms with van der Waals surface area (Å²) in [4.78, 5) is 42.1. The number of hydrogen-bond acceptors (Lipinski definition) is 6. The van der Waals surface area contributed by atoms with Crippen molar-refractivity contribution in [3.05, 3.63) is 74.9 Å². The molecule has 0 saturated carbocycles. The molecule has 4 rings (SSSR count). The first kappa shape index (κ1) is 20.2. The highest BCUT2D eigenvalue weighted by Crippen LogP contribution is 2.32. The number of anilines is 1. The van der Waals surface area contributed by atoms with E-state index in [4.69, 9.17) is 0 Å². The Bertz CT molecular complexity index is 1090. The number of thiazole rings is 1. The Kier molecular flexibility index (Phi) is 6.15. The minimum Gasteiger partial charge on any atom is -0.352 e. The summed E-state index contributed by atoms with van der Waals surface area (Å²) in [6.07, 6.45) is 3.69. The first-order valence-corrected chi connectivity index (χ1v) is 11.2. The first-order chi connectivity index (χ1) is 14.6. The van der Waals surface area contributed by atoms with E-state index in [1.807, 2.05) is 47.2 Å². The molecule has 1 aromatic carbocycles. The van der Waals surface area contributed by atoms with E-state index < -0.39 is 5.92 Å². The van der Waals surface area contributed by atoms with E-state index >= 15 is 0 Å². The van der Waals surface area contributed by atoms with Crippen molar-refractivity contribution in [3.63, 3.8) is 0 Å². The number of benzene rings is 1. The van der Waals surface area contributed by atoms with E-state index in [0.29, 0.717) is 28.7 Å². The van der Waals surface area contributed by atoms with E-state index in [9.17, 15) is 14.4 Å². The van der Waals surface area contributed by atoms with Crippen molar-refractivity contribution in [2.75, 3.05) is 5.32 Å². The Balaban J connectivity index is 1.37. The number of nitrogens with zero attached hydrogens (tertiary/aromatic N) is 1. The maximum atomic E-state index is 12.5. The Morgan fingerprint density at radius 3 is 2.77 bits per heavy atom. The van der Waals surface area contributed by atoms with Crippen LogP contribution >= 0.6 is 22.7 Å². The van der Waals surface area contributed by atoms with Crippen molar-refractivity contribution >= 4 is 51.5 Å². The lowest BCUT2D eigenvalue weighted by Gasteiger charge is -2.19. The zero-order valence-electron chi connectivity index (χ0n) is 16.0. The van der Waals surface area contributed by atoms with Gasteiger partial charge in [-0.25, -0.2) is 4.98 Å². The molecule has 0 aliphatic heterocycles. The van der Waals surface area contributed by atoms with Crippen molar-refractivity contribution in [2.45, 2.75) is 19.4 Å². The quantitative estimate of drug-likeness (QED) is 0.572. The molecule has 8 heteroatoms. The lowest BCUT2D eigenvalue weighted by molar-refractivity contribution is -0.125. The molecule has 0 radical (unpaired) electrons. The first-order valence-electron chi connectivity index (χ1n) is 9.44. The summed E-state index contributed by atoms with van der Waals surface area (Å²) >= 11 is 2.74. The van der Waals surface area contributed by atoms with Crippen LogP contribution in [-0.2, 0) is 22.6 Å². The van der Waals surface area contributed by atoms with Gasteiger partial charge in [0.05, 0.1) is 16.5 Å². The van der Waals surface area contributed by atoms with Crippen LogP contribution in [0.4, 0.5) is 5.13 Å². The number of fused-ring (bicyclic) bond motifs is 1. The second-order valence-corrected chi connectivity index (χ2v) is 8.68. The van der Waals surface area contributed by atoms with Gasteiger partial charge < -0.3 is 5.32 Å². The highest BCUT2D eigenvalue weighted by molar-refractivity contribution is 7.17. The summed E-state index contributed by atoms with van der Waals surface area (Å²) in [7, 11) is 0. The molecule has 0 saturated heterocycles. The summed E-state index contributed by atoms with van der Waals surface area (Å²) in [5.41, 5.74) is 2.53. The molecule has 152 valence electrons. The highest BCUT2D eigenvalue weighted by atomic mass is 32.1. The molecule has 1 aliphatic rings. The Morgan fingerprint density at radius 2 is 2.00 bits per heavy atom. The average molecular weight is 438 g/mol. The third-order valence-electron chi connectivity index (χ3n) is 4.70. The van der Waals surface area contributed by atoms with Gasteiger partial charge in [-0.2, -0.15) is 11.3 Å². The van der Waals surface area contributed by atoms with E-state index in [1.165, 1.54) is 6.08 Å². The number of ketones is 1. The van der Waals surface area contributed by atoms with Gasteiger partial charge in [0, 0.05) is 25.5 Å². The number of aromatic nitrogens is 1. The molecule has 2 heterocycles. The van der Waals surface area contributed by atoms with E-state index in [1.54, 1.807) is 17.4 Å². The molecule has 6 nitrogen and oxygen atoms in total. The van der Waals surface area contributed by atoms with Gasteiger partial charge in [-0.05, 0) is 34.0 Å². The highest BCUT2D eigenvalue weighted by Gasteiger charge is 2.33. The topological polar surface area (TPSA) is 88.2 Å². The number of Topliss-reactive ketones (excluding diaryl/α,β-unsaturated/α-hetero) is 1. The number of hydrogen-bond donors (Lipinski definition) is 2. The smallest absolute Gasteiger partial charge is 0.250 e. The standard InChI is InChI=1S/C22H19N3O3S2/c26-18-11-16(21(28)23-12-15-8-9-29-13-15)10-17-20(18)30-22(24-17)25-19(27)7-6-14-4-2-1-3-5-14/h1-9,13,16H,10-12H2,(H,23,28)(H,24,25,27)/b7-6+. The van der Waals surface area contributed by atoms with Crippen LogP contribution in [0.2, 0.25) is 0 Å². The number of rotatable bonds is 6. The van der Waals surface area contributed by atoms with Crippen molar-refractivity contribution < 1.29 is 14.4 Å². The summed E-state index contributed by atoms with van der Waals surface area (Å²) in [6, 6.07) is 11.4. The van der Waals surface area contributed by atoms with Gasteiger partial charge in [-0.1, -0.05) is 41.7 Å². The van der Waals surface area contributed by atoms with Crippen molar-refractivity contribution in [3.8, 4) is 0 Å². The fraction of sp³-hybridized carbons (Fsp3) is 0.182. The van der Waals surface area contributed by atoms with Crippen LogP contribution in [-0.4, -0.2) is 22.6 Å². The summed E-state index contributed by atoms with van der Waals surface area (Å²) < 4.78 is 0. The summed E-state index contributed by atoms with van der Waals surface area (Å²) in [5.74, 6) is -1.01. The van der Waals surface area contributed by atoms with Crippen molar-refractivity contribution in [1.29, 1.82) is 0 Å². The molecule has 2 N–H and O–H groups in total. The molecule has 1 unspecified atom stereocenters. The lowest BCUT2D eigenvalue weighted by Crippen LogP contribution is -2.35. The molecular formula is C22H19N3O3S2. The third-order valence-corrected chi connectivity index (χ3v) is 6.48. The fourth-order valence-corrected chi connectivity index (χ4v) is 4.79. The largest absolute Gasteiger partial charge is 0.352 e. The average Bonchev–Trinajstić information content (AvgIpc) is 3.41. The molecule has 3 aromatic rings. The van der Waals surface area contributed by atoms with Gasteiger partial charge in [0.25, 0.3) is 0 Å². The number of amides is 2. The Labute approximate surface area is 181 Å². The van der Waals surface area contributed by atoms with Crippen LogP contribution < -0.4 is 10.6 Å². The van der Waals surface area contributed by atoms with Crippen molar-refractivity contribution in [1.82, 2.24) is 10.3 Å². The van der Waals surface area contributed by atoms with E-state index in [0.717, 1.165) is 22.5 Å². The molecule has 0 fully saturated rings. The van der Waals surface area contributed by atoms with Crippen LogP contribution in [0.3, 0.4) is 0 Å². The van der Waals surface area contributed by atoms with Crippen LogP contribution in [0.15, 0.2) is 53.2 Å². The van der Waals surface area contributed by atoms with Crippen LogP contribution in [0.25, 0.3) is 6.08 Å². The summed E-state index contributed by atoms with van der Waals surface area (Å²) in [6.45, 7) is 0.450. The molecule has 2 aromatic heterocycles. The lowest BCUT2D eigenvalue weighted by atomic mass is 9.89. The Morgan fingerprint density at radius 1 is 1.17 bits per heavy atom. The van der Waals surface area contributed by atoms with Gasteiger partial charge >= 0.3 is 0 Å². The molecule has 0 spiro atoms. The third kappa shape index (κ3) is 4.90. The predicted octanol–water partition coefficient (Wildman–Crippen LogP) is 3.92. The number of carbonyl (C=O) groups is 3. The van der Waals surface area contributed by atoms with E-state index in [-0.39, 0.29) is 24.0 Å². The van der Waals surface area contributed by atoms with Crippen LogP contribution in [0, 0.1) is 5.92 Å². The Hall–Kier alpha value is -3.10. The predicted molar refractivity (Wildman–Crippen MR) is 119 cm³/mol. The molecule has 1 atom stereocenters. The van der Waals surface area contributed by atoms with Crippen LogP contribution in [0.5, 0.6) is 0 Å². The van der Waals surface area contributed by atoms with Crippen molar-refractivity contribution in [2.24, 2.45) is 5.92 Å². The maximum absolute atomic E-state index is 12.5. The zero-order valence-corrected chi connectivity index (χ0v) is 17.6. The number of carbonyl (C=O) groups excluding carboxylic acids is 3. The molecule has 30 heavy (non-hydrogen) atoms. The molecule has 1 aliphatic carbocycles. The second kappa shape index (κ2) is 9.15. The van der Waals surface area contributed by atoms with Gasteiger partial charge in [-0.15, -0.1) is 0 Å². The van der Waals surface area contributed by atoms with Gasteiger partial charge in [-0.3, -0.25) is 19.7 Å². The second-order valence-electron chi connectivity index (χ2n) is 6.91. The van der Waals surface area contributed by atoms with Crippen LogP contribution in [0.1, 0.15) is 32.9 Å².